The zero-order chi connectivity index (χ0) is 13.3. The summed E-state index contributed by atoms with van der Waals surface area (Å²) in [7, 11) is 0. The highest BCUT2D eigenvalue weighted by Crippen LogP contribution is 2.35. The van der Waals surface area contributed by atoms with E-state index in [2.05, 4.69) is 6.92 Å². The van der Waals surface area contributed by atoms with Crippen molar-refractivity contribution in [3.63, 3.8) is 0 Å². The van der Waals surface area contributed by atoms with E-state index < -0.39 is 5.60 Å². The molecular formula is C16H30O2. The fourth-order valence-corrected chi connectivity index (χ4v) is 3.02. The lowest BCUT2D eigenvalue weighted by molar-refractivity contribution is -0.143. The van der Waals surface area contributed by atoms with Gasteiger partial charge >= 0.3 is 0 Å². The topological polar surface area (TPSA) is 26.3 Å². The van der Waals surface area contributed by atoms with Crippen LogP contribution in [-0.2, 0) is 9.53 Å². The van der Waals surface area contributed by atoms with Crippen LogP contribution in [0, 0.1) is 0 Å². The van der Waals surface area contributed by atoms with Crippen LogP contribution in [0.25, 0.3) is 0 Å². The van der Waals surface area contributed by atoms with E-state index in [1.165, 1.54) is 32.1 Å². The summed E-state index contributed by atoms with van der Waals surface area (Å²) in [5, 5.41) is 0. The van der Waals surface area contributed by atoms with Crippen molar-refractivity contribution in [3.8, 4) is 0 Å². The molecule has 0 aromatic rings. The minimum absolute atomic E-state index is 0.373. The lowest BCUT2D eigenvalue weighted by Gasteiger charge is -2.27. The Kier molecular flexibility index (Phi) is 7.57. The van der Waals surface area contributed by atoms with Crippen LogP contribution in [0.5, 0.6) is 0 Å². The van der Waals surface area contributed by atoms with Gasteiger partial charge in [-0.15, -0.1) is 0 Å². The van der Waals surface area contributed by atoms with Gasteiger partial charge in [0.1, 0.15) is 5.60 Å². The van der Waals surface area contributed by atoms with Gasteiger partial charge in [-0.25, -0.2) is 0 Å². The smallest absolute Gasteiger partial charge is 0.164 e. The molecule has 1 saturated carbocycles. The third-order valence-corrected chi connectivity index (χ3v) is 4.10. The van der Waals surface area contributed by atoms with Gasteiger partial charge in [0.2, 0.25) is 0 Å². The van der Waals surface area contributed by atoms with Gasteiger partial charge in [0.15, 0.2) is 5.78 Å². The molecule has 0 aromatic heterocycles. The number of hydrogen-bond acceptors (Lipinski definition) is 2. The summed E-state index contributed by atoms with van der Waals surface area (Å²) in [5.74, 6) is 0.373. The SMILES string of the molecule is CCCCCCCCC(=O)C1(OCC)CCCC1. The third kappa shape index (κ3) is 4.72. The van der Waals surface area contributed by atoms with Gasteiger partial charge in [-0.05, 0) is 39.0 Å². The molecule has 1 aliphatic rings. The number of unbranched alkanes of at least 4 members (excludes halogenated alkanes) is 5. The highest BCUT2D eigenvalue weighted by Gasteiger charge is 2.40. The fourth-order valence-electron chi connectivity index (χ4n) is 3.02. The summed E-state index contributed by atoms with van der Waals surface area (Å²) >= 11 is 0. The first kappa shape index (κ1) is 15.7. The standard InChI is InChI=1S/C16H30O2/c1-3-5-6-7-8-9-12-15(17)16(18-4-2)13-10-11-14-16/h3-14H2,1-2H3. The van der Waals surface area contributed by atoms with Gasteiger partial charge in [0, 0.05) is 13.0 Å². The van der Waals surface area contributed by atoms with Crippen molar-refractivity contribution >= 4 is 5.78 Å². The predicted octanol–water partition coefficient (Wildman–Crippen LogP) is 4.66. The molecule has 1 rings (SSSR count). The zero-order valence-electron chi connectivity index (χ0n) is 12.3. The van der Waals surface area contributed by atoms with Crippen LogP contribution >= 0.6 is 0 Å². The van der Waals surface area contributed by atoms with E-state index >= 15 is 0 Å². The Bertz CT molecular complexity index is 229. The van der Waals surface area contributed by atoms with E-state index in [1.807, 2.05) is 6.92 Å². The summed E-state index contributed by atoms with van der Waals surface area (Å²) in [6, 6.07) is 0. The van der Waals surface area contributed by atoms with Gasteiger partial charge in [-0.3, -0.25) is 4.79 Å². The number of carbonyl (C=O) groups is 1. The number of ether oxygens (including phenoxy) is 1. The quantitative estimate of drug-likeness (QED) is 0.530. The Labute approximate surface area is 112 Å². The van der Waals surface area contributed by atoms with Crippen molar-refractivity contribution in [2.75, 3.05) is 6.61 Å². The second kappa shape index (κ2) is 8.68. The number of rotatable bonds is 10. The van der Waals surface area contributed by atoms with Gasteiger partial charge in [-0.2, -0.15) is 0 Å². The third-order valence-electron chi connectivity index (χ3n) is 4.10. The Morgan fingerprint density at radius 3 is 2.22 bits per heavy atom. The first-order chi connectivity index (χ1) is 8.75. The molecule has 0 bridgehead atoms. The van der Waals surface area contributed by atoms with Crippen LogP contribution in [0.1, 0.15) is 84.5 Å². The summed E-state index contributed by atoms with van der Waals surface area (Å²) in [4.78, 5) is 12.3. The van der Waals surface area contributed by atoms with Crippen LogP contribution in [0.3, 0.4) is 0 Å². The molecule has 0 aliphatic heterocycles. The highest BCUT2D eigenvalue weighted by molar-refractivity contribution is 5.87. The lowest BCUT2D eigenvalue weighted by atomic mass is 9.92. The van der Waals surface area contributed by atoms with Crippen molar-refractivity contribution in [2.45, 2.75) is 90.1 Å². The second-order valence-electron chi connectivity index (χ2n) is 5.58. The Morgan fingerprint density at radius 1 is 1.00 bits per heavy atom. The monoisotopic (exact) mass is 254 g/mol. The predicted molar refractivity (Wildman–Crippen MR) is 75.8 cm³/mol. The molecule has 18 heavy (non-hydrogen) atoms. The molecule has 1 aliphatic carbocycles. The molecule has 106 valence electrons. The molecule has 0 atom stereocenters. The van der Waals surface area contributed by atoms with Crippen LogP contribution < -0.4 is 0 Å². The normalized spacial score (nSPS) is 18.1. The summed E-state index contributed by atoms with van der Waals surface area (Å²) in [6.45, 7) is 4.90. The van der Waals surface area contributed by atoms with Gasteiger partial charge < -0.3 is 4.74 Å². The molecule has 0 N–H and O–H groups in total. The first-order valence-corrected chi connectivity index (χ1v) is 7.92. The van der Waals surface area contributed by atoms with Crippen LogP contribution in [0.4, 0.5) is 0 Å². The molecule has 1 fully saturated rings. The molecule has 2 nitrogen and oxygen atoms in total. The molecule has 0 saturated heterocycles. The molecule has 2 heteroatoms. The minimum atomic E-state index is -0.391. The summed E-state index contributed by atoms with van der Waals surface area (Å²) in [6.07, 6.45) is 12.4. The highest BCUT2D eigenvalue weighted by atomic mass is 16.5. The number of ketones is 1. The maximum absolute atomic E-state index is 12.3. The molecule has 0 spiro atoms. The van der Waals surface area contributed by atoms with Gasteiger partial charge in [0.05, 0.1) is 0 Å². The van der Waals surface area contributed by atoms with Crippen molar-refractivity contribution in [1.82, 2.24) is 0 Å². The molecular weight excluding hydrogens is 224 g/mol. The zero-order valence-corrected chi connectivity index (χ0v) is 12.3. The van der Waals surface area contributed by atoms with E-state index in [1.54, 1.807) is 0 Å². The summed E-state index contributed by atoms with van der Waals surface area (Å²) in [5.41, 5.74) is -0.391. The van der Waals surface area contributed by atoms with E-state index in [0.29, 0.717) is 12.4 Å². The molecule has 0 unspecified atom stereocenters. The van der Waals surface area contributed by atoms with E-state index in [9.17, 15) is 4.79 Å². The van der Waals surface area contributed by atoms with Gasteiger partial charge in [0.25, 0.3) is 0 Å². The number of hydrogen-bond donors (Lipinski definition) is 0. The maximum Gasteiger partial charge on any atom is 0.164 e. The second-order valence-corrected chi connectivity index (χ2v) is 5.58. The Hall–Kier alpha value is -0.370. The van der Waals surface area contributed by atoms with E-state index in [-0.39, 0.29) is 0 Å². The van der Waals surface area contributed by atoms with E-state index in [4.69, 9.17) is 4.74 Å². The molecule has 0 radical (unpaired) electrons. The molecule has 0 aromatic carbocycles. The fraction of sp³-hybridized carbons (Fsp3) is 0.938. The van der Waals surface area contributed by atoms with Crippen molar-refractivity contribution in [2.24, 2.45) is 0 Å². The van der Waals surface area contributed by atoms with Crippen LogP contribution in [0.15, 0.2) is 0 Å². The minimum Gasteiger partial charge on any atom is -0.368 e. The van der Waals surface area contributed by atoms with Gasteiger partial charge in [-0.1, -0.05) is 39.0 Å². The molecule has 0 heterocycles. The Morgan fingerprint density at radius 2 is 1.61 bits per heavy atom. The molecule has 0 amide bonds. The lowest BCUT2D eigenvalue weighted by Crippen LogP contribution is -2.38. The Balaban J connectivity index is 2.21. The van der Waals surface area contributed by atoms with Crippen molar-refractivity contribution in [3.05, 3.63) is 0 Å². The van der Waals surface area contributed by atoms with E-state index in [0.717, 1.165) is 38.5 Å². The number of Topliss-reactive ketones (excluding diaryl/α,β-unsaturated/α-hetero) is 1. The first-order valence-electron chi connectivity index (χ1n) is 7.92. The van der Waals surface area contributed by atoms with Crippen LogP contribution in [-0.4, -0.2) is 18.0 Å². The van der Waals surface area contributed by atoms with Crippen LogP contribution in [0.2, 0.25) is 0 Å². The average molecular weight is 254 g/mol. The number of carbonyl (C=O) groups excluding carboxylic acids is 1. The maximum atomic E-state index is 12.3. The van der Waals surface area contributed by atoms with Crippen molar-refractivity contribution < 1.29 is 9.53 Å². The largest absolute Gasteiger partial charge is 0.368 e. The average Bonchev–Trinajstić information content (AvgIpc) is 2.83. The van der Waals surface area contributed by atoms with Crippen molar-refractivity contribution in [1.29, 1.82) is 0 Å². The summed E-state index contributed by atoms with van der Waals surface area (Å²) < 4.78 is 5.80.